The highest BCUT2D eigenvalue weighted by Gasteiger charge is 2.28. The molecule has 0 bridgehead atoms. The maximum atomic E-state index is 5.64. The number of rotatable bonds is 17. The average Bonchev–Trinajstić information content (AvgIpc) is 3.42. The first-order valence-electron chi connectivity index (χ1n) is 9.54. The normalized spacial score (nSPS) is 18.8. The fourth-order valence-corrected chi connectivity index (χ4v) is 3.20. The molecule has 1 fully saturated rings. The first-order valence-corrected chi connectivity index (χ1v) is 9.54. The van der Waals surface area contributed by atoms with Gasteiger partial charge in [-0.25, -0.2) is 0 Å². The molecule has 0 aliphatic carbocycles. The van der Waals surface area contributed by atoms with E-state index in [2.05, 4.69) is 6.92 Å². The molecule has 0 N–H and O–H groups in total. The Hall–Kier alpha value is -0.200. The van der Waals surface area contributed by atoms with Crippen LogP contribution in [0.1, 0.15) is 64.7 Å². The summed E-state index contributed by atoms with van der Waals surface area (Å²) < 4.78 is 26.8. The average molecular weight is 347 g/mol. The number of hydrogen-bond donors (Lipinski definition) is 0. The molecule has 0 aromatic rings. The van der Waals surface area contributed by atoms with E-state index in [-0.39, 0.29) is 0 Å². The summed E-state index contributed by atoms with van der Waals surface area (Å²) in [6.45, 7) is 4.81. The molecule has 0 radical (unpaired) electrons. The molecular formula is C19H38O5. The van der Waals surface area contributed by atoms with Crippen molar-refractivity contribution in [3.05, 3.63) is 0 Å². The largest absolute Gasteiger partial charge is 0.379 e. The van der Waals surface area contributed by atoms with E-state index < -0.39 is 5.97 Å². The van der Waals surface area contributed by atoms with E-state index in [9.17, 15) is 0 Å². The topological polar surface area (TPSA) is 49.5 Å². The number of epoxide rings is 1. The lowest BCUT2D eigenvalue weighted by molar-refractivity contribution is -0.355. The molecular weight excluding hydrogens is 308 g/mol. The fraction of sp³-hybridized carbons (Fsp3) is 1.00. The van der Waals surface area contributed by atoms with Crippen molar-refractivity contribution in [1.82, 2.24) is 0 Å². The van der Waals surface area contributed by atoms with Crippen LogP contribution in [0, 0.1) is 5.92 Å². The predicted molar refractivity (Wildman–Crippen MR) is 95.0 cm³/mol. The van der Waals surface area contributed by atoms with Crippen LogP contribution in [0.4, 0.5) is 0 Å². The quantitative estimate of drug-likeness (QED) is 0.225. The minimum Gasteiger partial charge on any atom is -0.379 e. The second-order valence-electron chi connectivity index (χ2n) is 6.72. The molecule has 1 aliphatic rings. The molecule has 24 heavy (non-hydrogen) atoms. The third kappa shape index (κ3) is 9.33. The van der Waals surface area contributed by atoms with Gasteiger partial charge in [-0.3, -0.25) is 0 Å². The van der Waals surface area contributed by atoms with Crippen molar-refractivity contribution in [2.75, 3.05) is 41.2 Å². The summed E-state index contributed by atoms with van der Waals surface area (Å²) in [5.74, 6) is -0.0429. The SMILES string of the molecule is CCCC(CCCCCC(OC)(OC)OC)CCCOCC1CO1. The molecule has 5 nitrogen and oxygen atoms in total. The van der Waals surface area contributed by atoms with Crippen LogP contribution < -0.4 is 0 Å². The van der Waals surface area contributed by atoms with E-state index in [1.807, 2.05) is 0 Å². The molecule has 0 aromatic heterocycles. The maximum Gasteiger partial charge on any atom is 0.282 e. The first-order chi connectivity index (χ1) is 11.7. The summed E-state index contributed by atoms with van der Waals surface area (Å²) in [5, 5.41) is 0. The second-order valence-corrected chi connectivity index (χ2v) is 6.72. The Labute approximate surface area is 148 Å². The summed E-state index contributed by atoms with van der Waals surface area (Å²) in [6.07, 6.45) is 11.0. The van der Waals surface area contributed by atoms with Gasteiger partial charge in [0.05, 0.1) is 13.2 Å². The molecule has 144 valence electrons. The molecule has 1 aliphatic heterocycles. The van der Waals surface area contributed by atoms with E-state index in [1.165, 1.54) is 38.5 Å². The standard InChI is InChI=1S/C19H38O5/c1-5-10-17(12-9-14-23-15-18-16-24-18)11-7-6-8-13-19(20-2,21-3)22-4/h17-18H,5-16H2,1-4H3. The monoisotopic (exact) mass is 346 g/mol. The van der Waals surface area contributed by atoms with Crippen LogP contribution >= 0.6 is 0 Å². The van der Waals surface area contributed by atoms with Crippen LogP contribution in [0.25, 0.3) is 0 Å². The maximum absolute atomic E-state index is 5.64. The van der Waals surface area contributed by atoms with E-state index in [0.717, 1.165) is 45.0 Å². The third-order valence-corrected chi connectivity index (χ3v) is 4.83. The molecule has 1 rings (SSSR count). The highest BCUT2D eigenvalue weighted by molar-refractivity contribution is 4.67. The van der Waals surface area contributed by atoms with Crippen LogP contribution in [-0.2, 0) is 23.7 Å². The van der Waals surface area contributed by atoms with Crippen molar-refractivity contribution >= 4 is 0 Å². The minimum absolute atomic E-state index is 0.384. The summed E-state index contributed by atoms with van der Waals surface area (Å²) in [4.78, 5) is 0. The molecule has 1 heterocycles. The summed E-state index contributed by atoms with van der Waals surface area (Å²) in [6, 6.07) is 0. The van der Waals surface area contributed by atoms with Gasteiger partial charge in [-0.15, -0.1) is 0 Å². The summed E-state index contributed by atoms with van der Waals surface area (Å²) in [7, 11) is 4.88. The second kappa shape index (κ2) is 13.1. The number of unbranched alkanes of at least 4 members (excludes halogenated alkanes) is 2. The van der Waals surface area contributed by atoms with E-state index in [4.69, 9.17) is 23.7 Å². The summed E-state index contributed by atoms with van der Waals surface area (Å²) >= 11 is 0. The Kier molecular flexibility index (Phi) is 11.9. The van der Waals surface area contributed by atoms with Crippen LogP contribution in [0.3, 0.4) is 0 Å². The lowest BCUT2D eigenvalue weighted by atomic mass is 9.92. The van der Waals surface area contributed by atoms with Gasteiger partial charge in [0.1, 0.15) is 6.10 Å². The zero-order valence-corrected chi connectivity index (χ0v) is 16.2. The van der Waals surface area contributed by atoms with Crippen molar-refractivity contribution in [2.45, 2.75) is 76.8 Å². The van der Waals surface area contributed by atoms with Crippen LogP contribution in [-0.4, -0.2) is 53.2 Å². The van der Waals surface area contributed by atoms with Gasteiger partial charge in [-0.05, 0) is 25.2 Å². The van der Waals surface area contributed by atoms with E-state index in [1.54, 1.807) is 21.3 Å². The first kappa shape index (κ1) is 21.8. The molecule has 2 atom stereocenters. The minimum atomic E-state index is -0.870. The molecule has 0 amide bonds. The van der Waals surface area contributed by atoms with Gasteiger partial charge >= 0.3 is 0 Å². The zero-order valence-electron chi connectivity index (χ0n) is 16.2. The Morgan fingerprint density at radius 2 is 1.62 bits per heavy atom. The Bertz CT molecular complexity index is 281. The van der Waals surface area contributed by atoms with E-state index in [0.29, 0.717) is 6.10 Å². The van der Waals surface area contributed by atoms with Gasteiger partial charge in [0, 0.05) is 34.4 Å². The van der Waals surface area contributed by atoms with E-state index >= 15 is 0 Å². The van der Waals surface area contributed by atoms with Crippen molar-refractivity contribution in [3.63, 3.8) is 0 Å². The lowest BCUT2D eigenvalue weighted by Gasteiger charge is -2.28. The molecule has 0 saturated carbocycles. The van der Waals surface area contributed by atoms with Crippen LogP contribution in [0.15, 0.2) is 0 Å². The molecule has 0 aromatic carbocycles. The molecule has 5 heteroatoms. The molecule has 0 spiro atoms. The zero-order chi connectivity index (χ0) is 17.7. The highest BCUT2D eigenvalue weighted by Crippen LogP contribution is 2.24. The van der Waals surface area contributed by atoms with Gasteiger partial charge in [0.2, 0.25) is 0 Å². The number of methoxy groups -OCH3 is 3. The fourth-order valence-electron chi connectivity index (χ4n) is 3.20. The van der Waals surface area contributed by atoms with Gasteiger partial charge in [-0.2, -0.15) is 0 Å². The van der Waals surface area contributed by atoms with Crippen molar-refractivity contribution in [2.24, 2.45) is 5.92 Å². The van der Waals surface area contributed by atoms with Crippen LogP contribution in [0.2, 0.25) is 0 Å². The van der Waals surface area contributed by atoms with Crippen molar-refractivity contribution in [1.29, 1.82) is 0 Å². The predicted octanol–water partition coefficient (Wildman–Crippen LogP) is 4.14. The van der Waals surface area contributed by atoms with Crippen molar-refractivity contribution < 1.29 is 23.7 Å². The van der Waals surface area contributed by atoms with Gasteiger partial charge in [0.15, 0.2) is 0 Å². The third-order valence-electron chi connectivity index (χ3n) is 4.83. The number of hydrogen-bond acceptors (Lipinski definition) is 5. The van der Waals surface area contributed by atoms with Gasteiger partial charge in [0.25, 0.3) is 5.97 Å². The van der Waals surface area contributed by atoms with Gasteiger partial charge < -0.3 is 23.7 Å². The Morgan fingerprint density at radius 3 is 2.21 bits per heavy atom. The molecule has 2 unspecified atom stereocenters. The van der Waals surface area contributed by atoms with Crippen LogP contribution in [0.5, 0.6) is 0 Å². The number of ether oxygens (including phenoxy) is 5. The molecule has 1 saturated heterocycles. The highest BCUT2D eigenvalue weighted by atomic mass is 16.9. The Morgan fingerprint density at radius 1 is 0.958 bits per heavy atom. The smallest absolute Gasteiger partial charge is 0.282 e. The summed E-state index contributed by atoms with van der Waals surface area (Å²) in [5.41, 5.74) is 0. The van der Waals surface area contributed by atoms with Crippen molar-refractivity contribution in [3.8, 4) is 0 Å². The Balaban J connectivity index is 2.06. The van der Waals surface area contributed by atoms with Gasteiger partial charge in [-0.1, -0.05) is 39.0 Å². The lowest BCUT2D eigenvalue weighted by Crippen LogP contribution is -2.35.